The summed E-state index contributed by atoms with van der Waals surface area (Å²) in [6.45, 7) is 2.00. The Bertz CT molecular complexity index is 835. The van der Waals surface area contributed by atoms with Crippen molar-refractivity contribution in [1.82, 2.24) is 4.90 Å². The monoisotopic (exact) mass is 323 g/mol. The third-order valence-electron chi connectivity index (χ3n) is 3.59. The zero-order valence-electron chi connectivity index (χ0n) is 13.7. The summed E-state index contributed by atoms with van der Waals surface area (Å²) in [5.74, 6) is 0.792. The van der Waals surface area contributed by atoms with Crippen LogP contribution in [0.3, 0.4) is 0 Å². The van der Waals surface area contributed by atoms with Gasteiger partial charge in [-0.15, -0.1) is 0 Å². The molecule has 1 heterocycles. The van der Waals surface area contributed by atoms with Gasteiger partial charge in [0, 0.05) is 20.2 Å². The molecule has 2 aromatic rings. The normalized spacial score (nSPS) is 14.3. The number of aryl methyl sites for hydroxylation is 1. The molecule has 122 valence electrons. The molecule has 0 saturated carbocycles. The third kappa shape index (κ3) is 3.15. The lowest BCUT2D eigenvalue weighted by atomic mass is 10.1. The summed E-state index contributed by atoms with van der Waals surface area (Å²) >= 11 is 0. The zero-order chi connectivity index (χ0) is 17.3. The molecule has 24 heavy (non-hydrogen) atoms. The fraction of sp³-hybridized carbons (Fsp3) is 0.158. The van der Waals surface area contributed by atoms with Gasteiger partial charge in [0.05, 0.1) is 5.56 Å². The maximum atomic E-state index is 12.4. The molecule has 0 saturated heterocycles. The highest BCUT2D eigenvalue weighted by molar-refractivity contribution is 6.14. The number of carbonyl (C=O) groups excluding carboxylic acids is 2. The van der Waals surface area contributed by atoms with Crippen LogP contribution in [0.15, 0.2) is 48.2 Å². The van der Waals surface area contributed by atoms with Gasteiger partial charge in [0.15, 0.2) is 5.76 Å². The fourth-order valence-electron chi connectivity index (χ4n) is 2.24. The highest BCUT2D eigenvalue weighted by Crippen LogP contribution is 2.35. The summed E-state index contributed by atoms with van der Waals surface area (Å²) in [5, 5.41) is 0. The van der Waals surface area contributed by atoms with E-state index in [1.165, 1.54) is 4.90 Å². The smallest absolute Gasteiger partial charge is 0.414 e. The van der Waals surface area contributed by atoms with E-state index in [1.807, 2.05) is 31.2 Å². The van der Waals surface area contributed by atoms with Gasteiger partial charge in [0.2, 0.25) is 5.78 Å². The molecule has 0 radical (unpaired) electrons. The number of rotatable bonds is 2. The Kier molecular flexibility index (Phi) is 4.08. The lowest BCUT2D eigenvalue weighted by molar-refractivity contribution is 0.101. The SMILES string of the molecule is Cc1ccc(C=C2Oc3cc(OC(=O)N(C)C)ccc3C2=O)cc1. The highest BCUT2D eigenvalue weighted by Gasteiger charge is 2.28. The molecule has 0 unspecified atom stereocenters. The summed E-state index contributed by atoms with van der Waals surface area (Å²) in [7, 11) is 3.19. The molecular weight excluding hydrogens is 306 g/mol. The predicted octanol–water partition coefficient (Wildman–Crippen LogP) is 3.67. The van der Waals surface area contributed by atoms with Gasteiger partial charge >= 0.3 is 6.09 Å². The average Bonchev–Trinajstić information content (AvgIpc) is 2.85. The molecule has 1 amide bonds. The molecule has 5 nitrogen and oxygen atoms in total. The van der Waals surface area contributed by atoms with Crippen molar-refractivity contribution in [3.05, 3.63) is 64.9 Å². The summed E-state index contributed by atoms with van der Waals surface area (Å²) in [6, 6.07) is 12.5. The molecule has 0 bridgehead atoms. The molecule has 0 spiro atoms. The quantitative estimate of drug-likeness (QED) is 0.791. The second-order valence-corrected chi connectivity index (χ2v) is 5.77. The van der Waals surface area contributed by atoms with Gasteiger partial charge in [-0.1, -0.05) is 29.8 Å². The minimum absolute atomic E-state index is 0.184. The van der Waals surface area contributed by atoms with E-state index in [0.717, 1.165) is 11.1 Å². The summed E-state index contributed by atoms with van der Waals surface area (Å²) in [5.41, 5.74) is 2.49. The molecule has 0 aromatic heterocycles. The van der Waals surface area contributed by atoms with Crippen LogP contribution in [0.25, 0.3) is 6.08 Å². The number of hydrogen-bond acceptors (Lipinski definition) is 4. The van der Waals surface area contributed by atoms with E-state index in [4.69, 9.17) is 9.47 Å². The van der Waals surface area contributed by atoms with Crippen LogP contribution < -0.4 is 9.47 Å². The lowest BCUT2D eigenvalue weighted by Crippen LogP contribution is -2.25. The molecular formula is C19H17NO4. The van der Waals surface area contributed by atoms with Gasteiger partial charge < -0.3 is 14.4 Å². The van der Waals surface area contributed by atoms with Crippen LogP contribution >= 0.6 is 0 Å². The van der Waals surface area contributed by atoms with E-state index in [2.05, 4.69) is 0 Å². The van der Waals surface area contributed by atoms with E-state index >= 15 is 0 Å². The number of amides is 1. The number of ether oxygens (including phenoxy) is 2. The minimum atomic E-state index is -0.491. The summed E-state index contributed by atoms with van der Waals surface area (Å²) in [6.07, 6.45) is 1.21. The Hall–Kier alpha value is -3.08. The lowest BCUT2D eigenvalue weighted by Gasteiger charge is -2.10. The first-order chi connectivity index (χ1) is 11.4. The first kappa shape index (κ1) is 15.8. The maximum Gasteiger partial charge on any atom is 0.414 e. The van der Waals surface area contributed by atoms with Crippen molar-refractivity contribution in [3.63, 3.8) is 0 Å². The second-order valence-electron chi connectivity index (χ2n) is 5.77. The number of benzene rings is 2. The van der Waals surface area contributed by atoms with Crippen LogP contribution in [0.1, 0.15) is 21.5 Å². The molecule has 1 aliphatic heterocycles. The topological polar surface area (TPSA) is 55.8 Å². The average molecular weight is 323 g/mol. The van der Waals surface area contributed by atoms with E-state index < -0.39 is 6.09 Å². The molecule has 1 aliphatic rings. The third-order valence-corrected chi connectivity index (χ3v) is 3.59. The molecule has 5 heteroatoms. The number of carbonyl (C=O) groups is 2. The van der Waals surface area contributed by atoms with E-state index in [-0.39, 0.29) is 11.5 Å². The first-order valence-electron chi connectivity index (χ1n) is 7.48. The van der Waals surface area contributed by atoms with Crippen molar-refractivity contribution >= 4 is 18.0 Å². The standard InChI is InChI=1S/C19H17NO4/c1-12-4-6-13(7-5-12)10-17-18(21)15-9-8-14(11-16(15)24-17)23-19(22)20(2)3/h4-11H,1-3H3. The maximum absolute atomic E-state index is 12.4. The van der Waals surface area contributed by atoms with Gasteiger partial charge in [0.1, 0.15) is 11.5 Å². The predicted molar refractivity (Wildman–Crippen MR) is 90.3 cm³/mol. The first-order valence-corrected chi connectivity index (χ1v) is 7.48. The largest absolute Gasteiger partial charge is 0.452 e. The Morgan fingerprint density at radius 1 is 1.12 bits per heavy atom. The van der Waals surface area contributed by atoms with Crippen LogP contribution in [0, 0.1) is 6.92 Å². The summed E-state index contributed by atoms with van der Waals surface area (Å²) < 4.78 is 10.8. The molecule has 0 N–H and O–H groups in total. The molecule has 0 atom stereocenters. The number of nitrogens with zero attached hydrogens (tertiary/aromatic N) is 1. The van der Waals surface area contributed by atoms with Crippen molar-refractivity contribution < 1.29 is 19.1 Å². The van der Waals surface area contributed by atoms with Gasteiger partial charge in [-0.05, 0) is 30.7 Å². The summed E-state index contributed by atoms with van der Waals surface area (Å²) in [4.78, 5) is 25.3. The van der Waals surface area contributed by atoms with Crippen LogP contribution in [-0.4, -0.2) is 30.9 Å². The second kappa shape index (κ2) is 6.20. The number of Topliss-reactive ketones (excluding diaryl/α,β-unsaturated/α-hetero) is 1. The Morgan fingerprint density at radius 2 is 1.83 bits per heavy atom. The molecule has 0 fully saturated rings. The molecule has 0 aliphatic carbocycles. The van der Waals surface area contributed by atoms with Gasteiger partial charge in [0.25, 0.3) is 0 Å². The van der Waals surface area contributed by atoms with Gasteiger partial charge in [-0.2, -0.15) is 0 Å². The van der Waals surface area contributed by atoms with Crippen LogP contribution in [0.4, 0.5) is 4.79 Å². The van der Waals surface area contributed by atoms with Crippen molar-refractivity contribution in [3.8, 4) is 11.5 Å². The minimum Gasteiger partial charge on any atom is -0.452 e. The van der Waals surface area contributed by atoms with Crippen molar-refractivity contribution in [2.24, 2.45) is 0 Å². The fourth-order valence-corrected chi connectivity index (χ4v) is 2.24. The Morgan fingerprint density at radius 3 is 2.50 bits per heavy atom. The van der Waals surface area contributed by atoms with Gasteiger partial charge in [-0.25, -0.2) is 4.79 Å². The Labute approximate surface area is 140 Å². The molecule has 2 aromatic carbocycles. The molecule has 3 rings (SSSR count). The number of ketones is 1. The number of allylic oxidation sites excluding steroid dienone is 1. The van der Waals surface area contributed by atoms with E-state index in [1.54, 1.807) is 38.4 Å². The van der Waals surface area contributed by atoms with Crippen LogP contribution in [0.5, 0.6) is 11.5 Å². The highest BCUT2D eigenvalue weighted by atomic mass is 16.6. The van der Waals surface area contributed by atoms with E-state index in [0.29, 0.717) is 17.1 Å². The van der Waals surface area contributed by atoms with Crippen molar-refractivity contribution in [1.29, 1.82) is 0 Å². The van der Waals surface area contributed by atoms with Crippen LogP contribution in [-0.2, 0) is 0 Å². The van der Waals surface area contributed by atoms with E-state index in [9.17, 15) is 9.59 Å². The van der Waals surface area contributed by atoms with Crippen molar-refractivity contribution in [2.75, 3.05) is 14.1 Å². The van der Waals surface area contributed by atoms with Crippen LogP contribution in [0.2, 0.25) is 0 Å². The number of hydrogen-bond donors (Lipinski definition) is 0. The number of fused-ring (bicyclic) bond motifs is 1. The Balaban J connectivity index is 1.84. The van der Waals surface area contributed by atoms with Gasteiger partial charge in [-0.3, -0.25) is 4.79 Å². The van der Waals surface area contributed by atoms with Crippen molar-refractivity contribution in [2.45, 2.75) is 6.92 Å². The zero-order valence-corrected chi connectivity index (χ0v) is 13.7.